The van der Waals surface area contributed by atoms with Gasteiger partial charge in [-0.25, -0.2) is 4.98 Å². The van der Waals surface area contributed by atoms with Gasteiger partial charge in [0.1, 0.15) is 11.5 Å². The highest BCUT2D eigenvalue weighted by atomic mass is 16.2. The summed E-state index contributed by atoms with van der Waals surface area (Å²) in [6.45, 7) is 3.44. The van der Waals surface area contributed by atoms with Gasteiger partial charge in [0.05, 0.1) is 17.9 Å². The molecule has 0 bridgehead atoms. The van der Waals surface area contributed by atoms with Crippen molar-refractivity contribution >= 4 is 11.7 Å². The van der Waals surface area contributed by atoms with E-state index in [0.29, 0.717) is 23.5 Å². The van der Waals surface area contributed by atoms with Crippen LogP contribution in [-0.4, -0.2) is 26.6 Å². The number of aromatic amines is 2. The first-order valence-electron chi connectivity index (χ1n) is 8.19. The number of benzene rings is 1. The van der Waals surface area contributed by atoms with Crippen LogP contribution in [0.25, 0.3) is 11.3 Å². The molecule has 0 saturated carbocycles. The number of Topliss-reactive ketones (excluding diaryl/α,β-unsaturated/α-hetero) is 1. The maximum absolute atomic E-state index is 12.4. The van der Waals surface area contributed by atoms with Gasteiger partial charge in [0.15, 0.2) is 5.78 Å². The number of rotatable bonds is 6. The van der Waals surface area contributed by atoms with Gasteiger partial charge in [0.25, 0.3) is 5.91 Å². The molecule has 6 nitrogen and oxygen atoms in total. The van der Waals surface area contributed by atoms with Gasteiger partial charge in [0.2, 0.25) is 0 Å². The first-order chi connectivity index (χ1) is 12.1. The Morgan fingerprint density at radius 3 is 2.64 bits per heavy atom. The second-order valence-electron chi connectivity index (χ2n) is 5.84. The number of ketones is 1. The number of imidazole rings is 1. The zero-order valence-corrected chi connectivity index (χ0v) is 14.2. The van der Waals surface area contributed by atoms with Crippen molar-refractivity contribution in [3.63, 3.8) is 0 Å². The van der Waals surface area contributed by atoms with Crippen LogP contribution in [0.4, 0.5) is 0 Å². The third-order valence-corrected chi connectivity index (χ3v) is 4.06. The molecule has 25 heavy (non-hydrogen) atoms. The molecule has 3 rings (SSSR count). The molecule has 1 atom stereocenters. The molecule has 6 heteroatoms. The molecule has 2 aromatic heterocycles. The number of hydrogen-bond acceptors (Lipinski definition) is 3. The van der Waals surface area contributed by atoms with Crippen LogP contribution in [0.1, 0.15) is 53.0 Å². The van der Waals surface area contributed by atoms with Crippen molar-refractivity contribution in [1.82, 2.24) is 20.3 Å². The van der Waals surface area contributed by atoms with E-state index in [9.17, 15) is 9.59 Å². The summed E-state index contributed by atoms with van der Waals surface area (Å²) >= 11 is 0. The fourth-order valence-electron chi connectivity index (χ4n) is 2.61. The quantitative estimate of drug-likeness (QED) is 0.602. The Balaban J connectivity index is 1.75. The molecule has 0 fully saturated rings. The van der Waals surface area contributed by atoms with E-state index in [0.717, 1.165) is 11.3 Å². The minimum atomic E-state index is -0.267. The largest absolute Gasteiger partial charge is 0.356 e. The summed E-state index contributed by atoms with van der Waals surface area (Å²) in [4.78, 5) is 34.3. The summed E-state index contributed by atoms with van der Waals surface area (Å²) in [7, 11) is 0. The van der Waals surface area contributed by atoms with E-state index < -0.39 is 0 Å². The van der Waals surface area contributed by atoms with E-state index >= 15 is 0 Å². The summed E-state index contributed by atoms with van der Waals surface area (Å²) < 4.78 is 0. The lowest BCUT2D eigenvalue weighted by atomic mass is 10.2. The van der Waals surface area contributed by atoms with Crippen molar-refractivity contribution < 1.29 is 9.59 Å². The van der Waals surface area contributed by atoms with Gasteiger partial charge in [-0.2, -0.15) is 0 Å². The van der Waals surface area contributed by atoms with Crippen molar-refractivity contribution in [2.24, 2.45) is 0 Å². The van der Waals surface area contributed by atoms with E-state index in [2.05, 4.69) is 20.3 Å². The van der Waals surface area contributed by atoms with Gasteiger partial charge in [-0.3, -0.25) is 9.59 Å². The van der Waals surface area contributed by atoms with Gasteiger partial charge in [0, 0.05) is 11.8 Å². The third-order valence-electron chi connectivity index (χ3n) is 4.06. The van der Waals surface area contributed by atoms with E-state index in [1.807, 2.05) is 37.3 Å². The molecule has 3 N–H and O–H groups in total. The van der Waals surface area contributed by atoms with Crippen LogP contribution in [0.3, 0.4) is 0 Å². The number of carbonyl (C=O) groups excluding carboxylic acids is 2. The van der Waals surface area contributed by atoms with Crippen LogP contribution < -0.4 is 5.32 Å². The van der Waals surface area contributed by atoms with Gasteiger partial charge >= 0.3 is 0 Å². The fraction of sp³-hybridized carbons (Fsp3) is 0.211. The molecule has 0 aliphatic carbocycles. The third kappa shape index (κ3) is 3.68. The van der Waals surface area contributed by atoms with Gasteiger partial charge in [-0.05, 0) is 25.0 Å². The highest BCUT2D eigenvalue weighted by Gasteiger charge is 2.18. The summed E-state index contributed by atoms with van der Waals surface area (Å²) in [6.07, 6.45) is 3.99. The molecule has 128 valence electrons. The summed E-state index contributed by atoms with van der Waals surface area (Å²) in [5, 5.41) is 2.94. The normalized spacial score (nSPS) is 11.9. The van der Waals surface area contributed by atoms with E-state index in [1.54, 1.807) is 18.5 Å². The van der Waals surface area contributed by atoms with Crippen LogP contribution >= 0.6 is 0 Å². The molecule has 0 radical (unpaired) electrons. The standard InChI is InChI=1S/C19H20N4O2/c1-3-15(23-19(25)16-9-14(10-20-16)12(2)24)18-21-11-17(22-18)13-7-5-4-6-8-13/h4-11,15,20H,3H2,1-2H3,(H,21,22)(H,23,25). The Morgan fingerprint density at radius 1 is 1.24 bits per heavy atom. The van der Waals surface area contributed by atoms with Crippen molar-refractivity contribution in [2.75, 3.05) is 0 Å². The maximum Gasteiger partial charge on any atom is 0.268 e. The minimum absolute atomic E-state index is 0.0825. The predicted octanol–water partition coefficient (Wildman–Crippen LogP) is 3.49. The summed E-state index contributed by atoms with van der Waals surface area (Å²) in [5.74, 6) is 0.353. The molecule has 2 heterocycles. The number of aromatic nitrogens is 3. The second kappa shape index (κ2) is 7.17. The highest BCUT2D eigenvalue weighted by molar-refractivity contribution is 5.99. The van der Waals surface area contributed by atoms with Crippen molar-refractivity contribution in [1.29, 1.82) is 0 Å². The van der Waals surface area contributed by atoms with Gasteiger partial charge in [-0.15, -0.1) is 0 Å². The molecule has 0 aliphatic rings. The van der Waals surface area contributed by atoms with Crippen LogP contribution in [0.5, 0.6) is 0 Å². The second-order valence-corrected chi connectivity index (χ2v) is 5.84. The van der Waals surface area contributed by atoms with Crippen LogP contribution in [0, 0.1) is 0 Å². The molecular weight excluding hydrogens is 316 g/mol. The molecule has 1 amide bonds. The van der Waals surface area contributed by atoms with E-state index in [4.69, 9.17) is 0 Å². The van der Waals surface area contributed by atoms with Crippen LogP contribution in [-0.2, 0) is 0 Å². The van der Waals surface area contributed by atoms with Crippen molar-refractivity contribution in [2.45, 2.75) is 26.3 Å². The number of hydrogen-bond donors (Lipinski definition) is 3. The van der Waals surface area contributed by atoms with Crippen LogP contribution in [0.15, 0.2) is 48.8 Å². The lowest BCUT2D eigenvalue weighted by Crippen LogP contribution is -2.29. The Morgan fingerprint density at radius 2 is 2.00 bits per heavy atom. The number of nitrogens with one attached hydrogen (secondary N) is 3. The Labute approximate surface area is 145 Å². The lowest BCUT2D eigenvalue weighted by Gasteiger charge is -2.14. The molecule has 1 aromatic carbocycles. The Hall–Kier alpha value is -3.15. The Bertz CT molecular complexity index is 880. The average Bonchev–Trinajstić information content (AvgIpc) is 3.30. The summed E-state index contributed by atoms with van der Waals surface area (Å²) in [6, 6.07) is 11.2. The van der Waals surface area contributed by atoms with Crippen molar-refractivity contribution in [3.05, 3.63) is 65.9 Å². The molecule has 0 aliphatic heterocycles. The summed E-state index contributed by atoms with van der Waals surface area (Å²) in [5.41, 5.74) is 2.79. The number of nitrogens with zero attached hydrogens (tertiary/aromatic N) is 1. The molecule has 1 unspecified atom stereocenters. The van der Waals surface area contributed by atoms with Gasteiger partial charge < -0.3 is 15.3 Å². The first kappa shape index (κ1) is 16.7. The molecule has 3 aromatic rings. The topological polar surface area (TPSA) is 90.6 Å². The van der Waals surface area contributed by atoms with E-state index in [1.165, 1.54) is 6.92 Å². The molecular formula is C19H20N4O2. The zero-order valence-electron chi connectivity index (χ0n) is 14.2. The fourth-order valence-corrected chi connectivity index (χ4v) is 2.61. The first-order valence-corrected chi connectivity index (χ1v) is 8.19. The number of H-pyrrole nitrogens is 2. The lowest BCUT2D eigenvalue weighted by molar-refractivity contribution is 0.0929. The van der Waals surface area contributed by atoms with Gasteiger partial charge in [-0.1, -0.05) is 37.3 Å². The number of amides is 1. The SMILES string of the molecule is CCC(NC(=O)c1cc(C(C)=O)c[nH]1)c1ncc(-c2ccccc2)[nH]1. The van der Waals surface area contributed by atoms with Crippen molar-refractivity contribution in [3.8, 4) is 11.3 Å². The average molecular weight is 336 g/mol. The molecule has 0 saturated heterocycles. The predicted molar refractivity (Wildman–Crippen MR) is 95.3 cm³/mol. The number of carbonyl (C=O) groups is 2. The zero-order chi connectivity index (χ0) is 17.8. The maximum atomic E-state index is 12.4. The minimum Gasteiger partial charge on any atom is -0.356 e. The Kier molecular flexibility index (Phi) is 4.79. The molecule has 0 spiro atoms. The highest BCUT2D eigenvalue weighted by Crippen LogP contribution is 2.20. The van der Waals surface area contributed by atoms with E-state index in [-0.39, 0.29) is 17.7 Å². The monoisotopic (exact) mass is 336 g/mol. The smallest absolute Gasteiger partial charge is 0.268 e. The van der Waals surface area contributed by atoms with Crippen LogP contribution in [0.2, 0.25) is 0 Å².